The molecule has 4 aliphatic carbocycles. The molecule has 0 bridgehead atoms. The Kier molecular flexibility index (Phi) is 22.5. The van der Waals surface area contributed by atoms with Crippen molar-refractivity contribution in [3.8, 4) is 0 Å². The van der Waals surface area contributed by atoms with E-state index in [1.165, 1.54) is 116 Å². The molecule has 9 N–H and O–H groups in total. The van der Waals surface area contributed by atoms with E-state index in [1.54, 1.807) is 0 Å². The van der Waals surface area contributed by atoms with Crippen LogP contribution in [0.2, 0.25) is 0 Å². The summed E-state index contributed by atoms with van der Waals surface area (Å²) in [6.45, 7) is 21.3. The van der Waals surface area contributed by atoms with Crippen LogP contribution in [-0.4, -0.2) is 102 Å². The molecule has 0 spiro atoms. The quantitative estimate of drug-likeness (QED) is 0.0452. The zero-order valence-electron chi connectivity index (χ0n) is 37.3. The molecule has 4 rings (SSSR count). The third-order valence-corrected chi connectivity index (χ3v) is 15.8. The SMILES string of the molecule is CCCCCCCCN(CCCNCCCN)CCC[C@@H](C)[C@H]1CC[C@H]2C3[C@H](OCCCN)CC4C[C@H](OCCCN)CC[C@]4(C)[C@H]3C[C@H](OCCCN)C12C. The highest BCUT2D eigenvalue weighted by Gasteiger charge is 2.66. The van der Waals surface area contributed by atoms with Gasteiger partial charge < -0.3 is 47.4 Å². The van der Waals surface area contributed by atoms with Crippen LogP contribution in [0, 0.1) is 46.3 Å². The lowest BCUT2D eigenvalue weighted by atomic mass is 9.43. The zero-order valence-corrected chi connectivity index (χ0v) is 37.3. The molecule has 330 valence electrons. The van der Waals surface area contributed by atoms with Gasteiger partial charge in [-0.2, -0.15) is 0 Å². The Labute approximate surface area is 346 Å². The maximum atomic E-state index is 7.12. The molecule has 4 aliphatic rings. The van der Waals surface area contributed by atoms with Crippen molar-refractivity contribution in [1.82, 2.24) is 10.2 Å². The van der Waals surface area contributed by atoms with Crippen molar-refractivity contribution in [2.75, 3.05) is 78.7 Å². The molecule has 0 aromatic carbocycles. The van der Waals surface area contributed by atoms with Gasteiger partial charge in [0.25, 0.3) is 0 Å². The van der Waals surface area contributed by atoms with E-state index in [9.17, 15) is 0 Å². The Morgan fingerprint density at radius 2 is 1.30 bits per heavy atom. The number of hydrogen-bond donors (Lipinski definition) is 5. The lowest BCUT2D eigenvalue weighted by Gasteiger charge is -2.65. The van der Waals surface area contributed by atoms with Crippen LogP contribution in [0.15, 0.2) is 0 Å². The van der Waals surface area contributed by atoms with Crippen molar-refractivity contribution in [2.24, 2.45) is 69.3 Å². The fourth-order valence-electron chi connectivity index (χ4n) is 12.7. The summed E-state index contributed by atoms with van der Waals surface area (Å²) in [5, 5.41) is 3.61. The summed E-state index contributed by atoms with van der Waals surface area (Å²) in [6, 6.07) is 0. The van der Waals surface area contributed by atoms with E-state index in [0.29, 0.717) is 72.8 Å². The number of nitrogens with zero attached hydrogens (tertiary/aromatic N) is 1. The maximum Gasteiger partial charge on any atom is 0.0637 e. The van der Waals surface area contributed by atoms with Crippen LogP contribution in [-0.2, 0) is 14.2 Å². The molecule has 0 amide bonds. The molecule has 3 unspecified atom stereocenters. The van der Waals surface area contributed by atoms with Gasteiger partial charge in [-0.15, -0.1) is 0 Å². The fraction of sp³-hybridized carbons (Fsp3) is 1.00. The van der Waals surface area contributed by atoms with Crippen molar-refractivity contribution >= 4 is 0 Å². The average Bonchev–Trinajstić information content (AvgIpc) is 3.56. The number of nitrogens with one attached hydrogen (secondary N) is 1. The second-order valence-electron chi connectivity index (χ2n) is 19.5. The molecule has 0 aromatic rings. The van der Waals surface area contributed by atoms with E-state index in [1.807, 2.05) is 0 Å². The van der Waals surface area contributed by atoms with Gasteiger partial charge in [0.15, 0.2) is 0 Å². The number of nitrogens with two attached hydrogens (primary N) is 4. The first kappa shape index (κ1) is 48.3. The number of ether oxygens (including phenoxy) is 3. The highest BCUT2D eigenvalue weighted by molar-refractivity contribution is 5.15. The lowest BCUT2D eigenvalue weighted by molar-refractivity contribution is -0.227. The fourth-order valence-corrected chi connectivity index (χ4v) is 12.7. The molecule has 0 aliphatic heterocycles. The third-order valence-electron chi connectivity index (χ3n) is 15.8. The van der Waals surface area contributed by atoms with Crippen LogP contribution in [0.1, 0.15) is 156 Å². The summed E-state index contributed by atoms with van der Waals surface area (Å²) in [5.41, 5.74) is 24.1. The number of hydrogen-bond acceptors (Lipinski definition) is 9. The molecule has 56 heavy (non-hydrogen) atoms. The Morgan fingerprint density at radius 1 is 0.661 bits per heavy atom. The second-order valence-corrected chi connectivity index (χ2v) is 19.5. The number of rotatable bonds is 31. The highest BCUT2D eigenvalue weighted by Crippen LogP contribution is 2.69. The van der Waals surface area contributed by atoms with Crippen LogP contribution < -0.4 is 28.3 Å². The largest absolute Gasteiger partial charge is 0.378 e. The Morgan fingerprint density at radius 3 is 2.04 bits per heavy atom. The van der Waals surface area contributed by atoms with Gasteiger partial charge >= 0.3 is 0 Å². The van der Waals surface area contributed by atoms with E-state index in [-0.39, 0.29) is 11.5 Å². The van der Waals surface area contributed by atoms with E-state index in [4.69, 9.17) is 37.1 Å². The molecule has 0 saturated heterocycles. The van der Waals surface area contributed by atoms with Crippen LogP contribution in [0.25, 0.3) is 0 Å². The molecule has 0 radical (unpaired) electrons. The molecule has 11 atom stereocenters. The van der Waals surface area contributed by atoms with E-state index < -0.39 is 0 Å². The van der Waals surface area contributed by atoms with Gasteiger partial charge in [0.05, 0.1) is 18.3 Å². The molecule has 9 heteroatoms. The summed E-state index contributed by atoms with van der Waals surface area (Å²) in [6.07, 6.45) is 25.4. The van der Waals surface area contributed by atoms with Crippen LogP contribution in [0.3, 0.4) is 0 Å². The van der Waals surface area contributed by atoms with Gasteiger partial charge in [-0.25, -0.2) is 0 Å². The van der Waals surface area contributed by atoms with Crippen molar-refractivity contribution in [3.05, 3.63) is 0 Å². The van der Waals surface area contributed by atoms with Gasteiger partial charge in [0.2, 0.25) is 0 Å². The molecular formula is C47H94N6O3. The van der Waals surface area contributed by atoms with Crippen LogP contribution in [0.5, 0.6) is 0 Å². The van der Waals surface area contributed by atoms with E-state index in [2.05, 4.69) is 37.9 Å². The Bertz CT molecular complexity index is 1010. The van der Waals surface area contributed by atoms with Gasteiger partial charge in [-0.1, -0.05) is 59.8 Å². The molecule has 4 saturated carbocycles. The monoisotopic (exact) mass is 791 g/mol. The number of fused-ring (bicyclic) bond motifs is 5. The Hall–Kier alpha value is -0.360. The van der Waals surface area contributed by atoms with Crippen molar-refractivity contribution < 1.29 is 14.2 Å². The molecule has 0 aromatic heterocycles. The maximum absolute atomic E-state index is 7.12. The first-order valence-corrected chi connectivity index (χ1v) is 24.4. The number of unbranched alkanes of at least 4 members (excludes halogenated alkanes) is 5. The highest BCUT2D eigenvalue weighted by atomic mass is 16.5. The molecule has 4 fully saturated rings. The average molecular weight is 791 g/mol. The molecule has 9 nitrogen and oxygen atoms in total. The minimum atomic E-state index is 0.157. The minimum absolute atomic E-state index is 0.157. The van der Waals surface area contributed by atoms with Gasteiger partial charge in [-0.3, -0.25) is 0 Å². The van der Waals surface area contributed by atoms with Gasteiger partial charge in [0.1, 0.15) is 0 Å². The lowest BCUT2D eigenvalue weighted by Crippen LogP contribution is -2.63. The van der Waals surface area contributed by atoms with Crippen molar-refractivity contribution in [1.29, 1.82) is 0 Å². The second kappa shape index (κ2) is 26.1. The van der Waals surface area contributed by atoms with Gasteiger partial charge in [-0.05, 0) is 196 Å². The predicted octanol–water partition coefficient (Wildman–Crippen LogP) is 7.47. The summed E-state index contributed by atoms with van der Waals surface area (Å²) in [7, 11) is 0. The minimum Gasteiger partial charge on any atom is -0.378 e. The predicted molar refractivity (Wildman–Crippen MR) is 236 cm³/mol. The van der Waals surface area contributed by atoms with Crippen LogP contribution in [0.4, 0.5) is 0 Å². The first-order chi connectivity index (χ1) is 27.3. The summed E-state index contributed by atoms with van der Waals surface area (Å²) in [5.74, 6) is 3.81. The third kappa shape index (κ3) is 13.3. The summed E-state index contributed by atoms with van der Waals surface area (Å²) >= 11 is 0. The summed E-state index contributed by atoms with van der Waals surface area (Å²) < 4.78 is 20.6. The standard InChI is InChI=1S/C47H94N6O3/c1-5-6-7-8-9-10-28-53(30-16-27-52-26-12-22-48)29-11-17-37(2)40-18-19-41-45-42(36-44(47(40,41)4)56-33-15-25-51)46(3)21-20-39(54-31-13-23-49)34-38(46)35-43(45)55-32-14-24-50/h37-45,52H,5-36,48-51H2,1-4H3/t37-,38?,39-,40-,41+,42+,43-,44+,45?,46+,47?/m1/s1. The smallest absolute Gasteiger partial charge is 0.0637 e. The molecular weight excluding hydrogens is 697 g/mol. The normalized spacial score (nSPS) is 33.4. The first-order valence-electron chi connectivity index (χ1n) is 24.4. The topological polar surface area (TPSA) is 147 Å². The van der Waals surface area contributed by atoms with E-state index in [0.717, 1.165) is 71.6 Å². The van der Waals surface area contributed by atoms with Crippen LogP contribution >= 0.6 is 0 Å². The zero-order chi connectivity index (χ0) is 40.2. The van der Waals surface area contributed by atoms with Gasteiger partial charge in [0, 0.05) is 25.2 Å². The van der Waals surface area contributed by atoms with Crippen molar-refractivity contribution in [2.45, 2.75) is 174 Å². The van der Waals surface area contributed by atoms with E-state index >= 15 is 0 Å². The van der Waals surface area contributed by atoms with Crippen molar-refractivity contribution in [3.63, 3.8) is 0 Å². The molecule has 0 heterocycles. The summed E-state index contributed by atoms with van der Waals surface area (Å²) in [4.78, 5) is 2.79. The Balaban J connectivity index is 1.47.